The van der Waals surface area contributed by atoms with Crippen molar-refractivity contribution in [3.05, 3.63) is 71.8 Å². The Kier molecular flexibility index (Phi) is 4.73. The van der Waals surface area contributed by atoms with E-state index in [9.17, 15) is 9.90 Å². The van der Waals surface area contributed by atoms with Crippen molar-refractivity contribution in [2.24, 2.45) is 23.7 Å². The molecule has 0 saturated heterocycles. The summed E-state index contributed by atoms with van der Waals surface area (Å²) in [5, 5.41) is 14.0. The fraction of sp³-hybridized carbons (Fsp3) is 0.452. The van der Waals surface area contributed by atoms with Gasteiger partial charge in [-0.25, -0.2) is 0 Å². The van der Waals surface area contributed by atoms with E-state index in [0.717, 1.165) is 17.2 Å². The molecule has 192 valence electrons. The first kappa shape index (κ1) is 23.4. The largest absolute Gasteiger partial charge is 0.444 e. The van der Waals surface area contributed by atoms with Gasteiger partial charge in [0.1, 0.15) is 11.5 Å². The standard InChI is InChI=1S/C31H34O5Si/c1-30(2,3)37(4,5)36-29-25-19-13-12-18(16-19)24(25)28(33)27-26(29)20(32)14-15-31(27)34-21-10-6-8-17-9-7-11-22(35-31)23(17)21/h6-15,18-19,24-25,28-29,33H,16H2,1-5H3/t18-,19+,24-,25+,28-,29+/m1/s1. The molecule has 5 aliphatic rings. The molecule has 1 saturated carbocycles. The first-order chi connectivity index (χ1) is 17.5. The second-order valence-corrected chi connectivity index (χ2v) is 17.6. The van der Waals surface area contributed by atoms with Gasteiger partial charge in [-0.2, -0.15) is 0 Å². The molecular weight excluding hydrogens is 480 g/mol. The number of carbonyl (C=O) groups excluding carboxylic acids is 1. The van der Waals surface area contributed by atoms with Crippen molar-refractivity contribution < 1.29 is 23.8 Å². The van der Waals surface area contributed by atoms with Crippen LogP contribution in [0.4, 0.5) is 0 Å². The first-order valence-corrected chi connectivity index (χ1v) is 16.3. The van der Waals surface area contributed by atoms with E-state index in [2.05, 4.69) is 46.0 Å². The molecule has 6 atom stereocenters. The van der Waals surface area contributed by atoms with Gasteiger partial charge in [-0.1, -0.05) is 57.2 Å². The van der Waals surface area contributed by atoms with Crippen molar-refractivity contribution in [2.75, 3.05) is 0 Å². The minimum absolute atomic E-state index is 0.0234. The monoisotopic (exact) mass is 514 g/mol. The van der Waals surface area contributed by atoms with Gasteiger partial charge in [-0.15, -0.1) is 0 Å². The summed E-state index contributed by atoms with van der Waals surface area (Å²) in [6.45, 7) is 11.1. The highest BCUT2D eigenvalue weighted by Gasteiger charge is 2.63. The number of ether oxygens (including phenoxy) is 2. The summed E-state index contributed by atoms with van der Waals surface area (Å²) in [4.78, 5) is 13.7. The Morgan fingerprint density at radius 1 is 1.00 bits per heavy atom. The van der Waals surface area contributed by atoms with Crippen molar-refractivity contribution in [1.82, 2.24) is 0 Å². The Morgan fingerprint density at radius 3 is 2.24 bits per heavy atom. The highest BCUT2D eigenvalue weighted by atomic mass is 28.4. The number of allylic oxidation sites excluding steroid dienone is 3. The lowest BCUT2D eigenvalue weighted by Gasteiger charge is -2.52. The van der Waals surface area contributed by atoms with Crippen molar-refractivity contribution in [2.45, 2.75) is 63.3 Å². The number of aliphatic hydroxyl groups excluding tert-OH is 1. The third-order valence-electron chi connectivity index (χ3n) is 9.84. The minimum Gasteiger partial charge on any atom is -0.444 e. The fourth-order valence-corrected chi connectivity index (χ4v) is 8.36. The normalized spacial score (nSPS) is 33.0. The van der Waals surface area contributed by atoms with Gasteiger partial charge in [0.2, 0.25) is 0 Å². The molecule has 2 aromatic rings. The predicted molar refractivity (Wildman–Crippen MR) is 145 cm³/mol. The second kappa shape index (κ2) is 7.46. The summed E-state index contributed by atoms with van der Waals surface area (Å²) in [6.07, 6.45) is 7.49. The number of aliphatic hydroxyl groups is 1. The van der Waals surface area contributed by atoms with Crippen LogP contribution in [0.25, 0.3) is 10.8 Å². The van der Waals surface area contributed by atoms with Gasteiger partial charge in [-0.05, 0) is 60.0 Å². The number of hydrogen-bond donors (Lipinski definition) is 1. The van der Waals surface area contributed by atoms with Crippen molar-refractivity contribution in [1.29, 1.82) is 0 Å². The molecule has 5 nitrogen and oxygen atoms in total. The van der Waals surface area contributed by atoms with Crippen LogP contribution in [-0.2, 0) is 9.22 Å². The third-order valence-corrected chi connectivity index (χ3v) is 14.3. The van der Waals surface area contributed by atoms with E-state index in [1.165, 1.54) is 0 Å². The molecule has 1 N–H and O–H groups in total. The highest BCUT2D eigenvalue weighted by molar-refractivity contribution is 6.74. The van der Waals surface area contributed by atoms with Gasteiger partial charge in [0.25, 0.3) is 5.79 Å². The van der Waals surface area contributed by atoms with Crippen LogP contribution in [-0.4, -0.2) is 37.2 Å². The summed E-state index contributed by atoms with van der Waals surface area (Å²) < 4.78 is 20.4. The third kappa shape index (κ3) is 3.12. The Labute approximate surface area is 218 Å². The van der Waals surface area contributed by atoms with Crippen LogP contribution in [0.5, 0.6) is 11.5 Å². The molecule has 0 radical (unpaired) electrons. The van der Waals surface area contributed by atoms with Gasteiger partial charge in [-0.3, -0.25) is 4.79 Å². The van der Waals surface area contributed by atoms with E-state index in [1.807, 2.05) is 36.4 Å². The van der Waals surface area contributed by atoms with Gasteiger partial charge >= 0.3 is 0 Å². The van der Waals surface area contributed by atoms with E-state index in [-0.39, 0.29) is 28.6 Å². The van der Waals surface area contributed by atoms with E-state index in [4.69, 9.17) is 13.9 Å². The Balaban J connectivity index is 1.42. The summed E-state index contributed by atoms with van der Waals surface area (Å²) >= 11 is 0. The van der Waals surface area contributed by atoms with Crippen LogP contribution in [0.15, 0.2) is 71.8 Å². The van der Waals surface area contributed by atoms with Crippen LogP contribution in [0.2, 0.25) is 18.1 Å². The molecule has 1 aliphatic heterocycles. The molecule has 0 amide bonds. The summed E-state index contributed by atoms with van der Waals surface area (Å²) in [7, 11) is -2.26. The molecule has 1 heterocycles. The number of hydrogen-bond acceptors (Lipinski definition) is 5. The van der Waals surface area contributed by atoms with Crippen molar-refractivity contribution >= 4 is 24.9 Å². The number of carbonyl (C=O) groups is 1. The van der Waals surface area contributed by atoms with Crippen LogP contribution < -0.4 is 9.47 Å². The molecule has 7 rings (SSSR count). The lowest BCUT2D eigenvalue weighted by Crippen LogP contribution is -2.60. The minimum atomic E-state index is -2.26. The molecule has 4 aliphatic carbocycles. The fourth-order valence-electron chi connectivity index (χ4n) is 7.10. The zero-order valence-corrected chi connectivity index (χ0v) is 23.0. The molecule has 0 unspecified atom stereocenters. The Bertz CT molecular complexity index is 1390. The maximum Gasteiger partial charge on any atom is 0.297 e. The van der Waals surface area contributed by atoms with E-state index in [1.54, 1.807) is 12.2 Å². The molecule has 6 heteroatoms. The highest BCUT2D eigenvalue weighted by Crippen LogP contribution is 2.60. The molecular formula is C31H34O5Si. The quantitative estimate of drug-likeness (QED) is 0.397. The zero-order chi connectivity index (χ0) is 25.9. The van der Waals surface area contributed by atoms with Crippen LogP contribution in [0.1, 0.15) is 27.2 Å². The van der Waals surface area contributed by atoms with Gasteiger partial charge in [0, 0.05) is 23.5 Å². The average Bonchev–Trinajstić information content (AvgIpc) is 3.46. The second-order valence-electron chi connectivity index (χ2n) is 12.9. The van der Waals surface area contributed by atoms with Crippen molar-refractivity contribution in [3.63, 3.8) is 0 Å². The van der Waals surface area contributed by atoms with Crippen LogP contribution >= 0.6 is 0 Å². The Hall–Kier alpha value is -2.67. The predicted octanol–water partition coefficient (Wildman–Crippen LogP) is 5.95. The summed E-state index contributed by atoms with van der Waals surface area (Å²) in [6, 6.07) is 11.9. The maximum atomic E-state index is 13.7. The molecule has 1 fully saturated rings. The van der Waals surface area contributed by atoms with E-state index in [0.29, 0.717) is 28.6 Å². The van der Waals surface area contributed by atoms with E-state index >= 15 is 0 Å². The van der Waals surface area contributed by atoms with Crippen molar-refractivity contribution in [3.8, 4) is 11.5 Å². The number of ketones is 1. The SMILES string of the molecule is CC(C)(C)[Si](C)(C)O[C@@H]1C2=C([C@H](O)[C@H]3[C@@H]1[C@H]1C=C[C@@H]3C1)C1(C=CC2=O)Oc2cccc3cccc(c23)O1. The van der Waals surface area contributed by atoms with E-state index < -0.39 is 26.3 Å². The molecule has 1 spiro atoms. The van der Waals surface area contributed by atoms with Gasteiger partial charge < -0.3 is 19.0 Å². The number of fused-ring (bicyclic) bond motifs is 6. The lowest BCUT2D eigenvalue weighted by atomic mass is 9.64. The smallest absolute Gasteiger partial charge is 0.297 e. The summed E-state index contributed by atoms with van der Waals surface area (Å²) in [5.41, 5.74) is 1.06. The number of rotatable bonds is 2. The Morgan fingerprint density at radius 2 is 1.62 bits per heavy atom. The molecule has 37 heavy (non-hydrogen) atoms. The molecule has 2 bridgehead atoms. The zero-order valence-electron chi connectivity index (χ0n) is 22.0. The average molecular weight is 515 g/mol. The van der Waals surface area contributed by atoms with Gasteiger partial charge in [0.15, 0.2) is 14.1 Å². The van der Waals surface area contributed by atoms with Gasteiger partial charge in [0.05, 0.1) is 23.2 Å². The molecule has 0 aromatic heterocycles. The lowest BCUT2D eigenvalue weighted by molar-refractivity contribution is -0.119. The topological polar surface area (TPSA) is 65.0 Å². The van der Waals surface area contributed by atoms with Crippen LogP contribution in [0, 0.1) is 23.7 Å². The number of benzene rings is 2. The maximum absolute atomic E-state index is 13.7. The first-order valence-electron chi connectivity index (χ1n) is 13.4. The molecule has 2 aromatic carbocycles. The summed E-state index contributed by atoms with van der Waals surface area (Å²) in [5.74, 6) is 0.440. The van der Waals surface area contributed by atoms with Crippen LogP contribution in [0.3, 0.4) is 0 Å².